The summed E-state index contributed by atoms with van der Waals surface area (Å²) >= 11 is 7.24. The number of aromatic nitrogens is 1. The van der Waals surface area contributed by atoms with E-state index in [0.717, 1.165) is 12.1 Å². The summed E-state index contributed by atoms with van der Waals surface area (Å²) in [6, 6.07) is 4.39. The fourth-order valence-corrected chi connectivity index (χ4v) is 2.21. The predicted octanol–water partition coefficient (Wildman–Crippen LogP) is 4.24. The number of rotatable bonds is 3. The largest absolute Gasteiger partial charge is 0.329 e. The van der Waals surface area contributed by atoms with Crippen LogP contribution >= 0.6 is 22.9 Å². The molecular formula is C11H10ClFN2S. The van der Waals surface area contributed by atoms with E-state index in [9.17, 15) is 4.39 Å². The number of nitrogens with one attached hydrogen (secondary N) is 1. The van der Waals surface area contributed by atoms with E-state index in [-0.39, 0.29) is 5.82 Å². The number of anilines is 2. The van der Waals surface area contributed by atoms with Crippen molar-refractivity contribution in [1.29, 1.82) is 0 Å². The molecule has 0 fully saturated rings. The molecule has 0 saturated carbocycles. The summed E-state index contributed by atoms with van der Waals surface area (Å²) < 4.78 is 13.4. The molecule has 2 nitrogen and oxygen atoms in total. The smallest absolute Gasteiger partial charge is 0.187 e. The number of thiazole rings is 1. The summed E-state index contributed by atoms with van der Waals surface area (Å²) in [6.45, 7) is 2.03. The SMILES string of the molecule is CCc1csc(Nc2cc(Cl)ccc2F)n1. The normalized spacial score (nSPS) is 10.4. The highest BCUT2D eigenvalue weighted by molar-refractivity contribution is 7.13. The number of benzene rings is 1. The Morgan fingerprint density at radius 1 is 1.50 bits per heavy atom. The van der Waals surface area contributed by atoms with Crippen LogP contribution in [0.3, 0.4) is 0 Å². The van der Waals surface area contributed by atoms with Crippen LogP contribution in [0, 0.1) is 5.82 Å². The van der Waals surface area contributed by atoms with Crippen molar-refractivity contribution >= 4 is 33.8 Å². The van der Waals surface area contributed by atoms with Crippen LogP contribution in [0.25, 0.3) is 0 Å². The van der Waals surface area contributed by atoms with E-state index in [4.69, 9.17) is 11.6 Å². The average Bonchev–Trinajstić information content (AvgIpc) is 2.71. The first-order chi connectivity index (χ1) is 7.69. The molecule has 0 aliphatic rings. The summed E-state index contributed by atoms with van der Waals surface area (Å²) in [5, 5.41) is 6.04. The third-order valence-corrected chi connectivity index (χ3v) is 3.13. The van der Waals surface area contributed by atoms with E-state index >= 15 is 0 Å². The first kappa shape index (κ1) is 11.4. The average molecular weight is 257 g/mol. The van der Waals surface area contributed by atoms with Gasteiger partial charge in [-0.15, -0.1) is 11.3 Å². The van der Waals surface area contributed by atoms with Gasteiger partial charge in [0.1, 0.15) is 5.82 Å². The highest BCUT2D eigenvalue weighted by Crippen LogP contribution is 2.25. The predicted molar refractivity (Wildman–Crippen MR) is 66.2 cm³/mol. The van der Waals surface area contributed by atoms with E-state index in [1.54, 1.807) is 6.07 Å². The van der Waals surface area contributed by atoms with Gasteiger partial charge in [-0.3, -0.25) is 0 Å². The van der Waals surface area contributed by atoms with Gasteiger partial charge in [-0.05, 0) is 24.6 Å². The van der Waals surface area contributed by atoms with Gasteiger partial charge in [0.2, 0.25) is 0 Å². The van der Waals surface area contributed by atoms with E-state index < -0.39 is 0 Å². The standard InChI is InChI=1S/C11H10ClFN2S/c1-2-8-6-16-11(14-8)15-10-5-7(12)3-4-9(10)13/h3-6H,2H2,1H3,(H,14,15). The van der Waals surface area contributed by atoms with Crippen molar-refractivity contribution < 1.29 is 4.39 Å². The molecule has 1 aromatic heterocycles. The van der Waals surface area contributed by atoms with Crippen LogP contribution in [-0.2, 0) is 6.42 Å². The monoisotopic (exact) mass is 256 g/mol. The van der Waals surface area contributed by atoms with Gasteiger partial charge in [0.15, 0.2) is 5.13 Å². The summed E-state index contributed by atoms with van der Waals surface area (Å²) in [5.41, 5.74) is 1.35. The van der Waals surface area contributed by atoms with Crippen LogP contribution in [-0.4, -0.2) is 4.98 Å². The fourth-order valence-electron chi connectivity index (χ4n) is 1.24. The van der Waals surface area contributed by atoms with E-state index in [1.807, 2.05) is 12.3 Å². The second kappa shape index (κ2) is 4.80. The lowest BCUT2D eigenvalue weighted by atomic mass is 10.3. The lowest BCUT2D eigenvalue weighted by molar-refractivity contribution is 0.632. The molecule has 1 N–H and O–H groups in total. The molecule has 1 aromatic carbocycles. The summed E-state index contributed by atoms with van der Waals surface area (Å²) in [7, 11) is 0. The van der Waals surface area contributed by atoms with Gasteiger partial charge in [-0.1, -0.05) is 18.5 Å². The van der Waals surface area contributed by atoms with Crippen molar-refractivity contribution in [2.75, 3.05) is 5.32 Å². The molecule has 0 bridgehead atoms. The number of nitrogens with zero attached hydrogens (tertiary/aromatic N) is 1. The number of halogens is 2. The van der Waals surface area contributed by atoms with Crippen LogP contribution in [0.4, 0.5) is 15.2 Å². The lowest BCUT2D eigenvalue weighted by Gasteiger charge is -2.04. The maximum atomic E-state index is 13.4. The van der Waals surface area contributed by atoms with Crippen LogP contribution in [0.15, 0.2) is 23.6 Å². The Morgan fingerprint density at radius 2 is 2.31 bits per heavy atom. The van der Waals surface area contributed by atoms with Gasteiger partial charge in [-0.25, -0.2) is 9.37 Å². The van der Waals surface area contributed by atoms with Gasteiger partial charge in [0.25, 0.3) is 0 Å². The molecular weight excluding hydrogens is 247 g/mol. The van der Waals surface area contributed by atoms with Crippen molar-refractivity contribution in [3.05, 3.63) is 40.1 Å². The molecule has 0 amide bonds. The van der Waals surface area contributed by atoms with Crippen molar-refractivity contribution in [3.8, 4) is 0 Å². The van der Waals surface area contributed by atoms with E-state index in [0.29, 0.717) is 15.8 Å². The van der Waals surface area contributed by atoms with Crippen LogP contribution in [0.5, 0.6) is 0 Å². The zero-order valence-electron chi connectivity index (χ0n) is 8.63. The number of hydrogen-bond acceptors (Lipinski definition) is 3. The molecule has 0 saturated heterocycles. The first-order valence-corrected chi connectivity index (χ1v) is 6.11. The second-order valence-corrected chi connectivity index (χ2v) is 4.54. The summed E-state index contributed by atoms with van der Waals surface area (Å²) in [6.07, 6.45) is 0.871. The Bertz CT molecular complexity index is 498. The van der Waals surface area contributed by atoms with E-state index in [1.165, 1.54) is 23.5 Å². The lowest BCUT2D eigenvalue weighted by Crippen LogP contribution is -1.93. The molecule has 2 aromatic rings. The summed E-state index contributed by atoms with van der Waals surface area (Å²) in [4.78, 5) is 4.29. The number of hydrogen-bond donors (Lipinski definition) is 1. The Kier molecular flexibility index (Phi) is 3.41. The van der Waals surface area contributed by atoms with Crippen LogP contribution in [0.2, 0.25) is 5.02 Å². The van der Waals surface area contributed by atoms with Crippen molar-refractivity contribution in [3.63, 3.8) is 0 Å². The van der Waals surface area contributed by atoms with Gasteiger partial charge < -0.3 is 5.32 Å². The number of aryl methyl sites for hydroxylation is 1. The molecule has 0 unspecified atom stereocenters. The van der Waals surface area contributed by atoms with Gasteiger partial charge in [-0.2, -0.15) is 0 Å². The molecule has 0 spiro atoms. The maximum absolute atomic E-state index is 13.4. The van der Waals surface area contributed by atoms with Gasteiger partial charge in [0, 0.05) is 10.4 Å². The molecule has 0 aliphatic carbocycles. The summed E-state index contributed by atoms with van der Waals surface area (Å²) in [5.74, 6) is -0.336. The fraction of sp³-hybridized carbons (Fsp3) is 0.182. The Labute approximate surface area is 102 Å². The van der Waals surface area contributed by atoms with Crippen molar-refractivity contribution in [1.82, 2.24) is 4.98 Å². The molecule has 1 heterocycles. The van der Waals surface area contributed by atoms with Gasteiger partial charge in [0.05, 0.1) is 11.4 Å². The zero-order valence-corrected chi connectivity index (χ0v) is 10.2. The molecule has 84 valence electrons. The van der Waals surface area contributed by atoms with Crippen molar-refractivity contribution in [2.24, 2.45) is 0 Å². The highest BCUT2D eigenvalue weighted by atomic mass is 35.5. The minimum atomic E-state index is -0.336. The molecule has 0 atom stereocenters. The third kappa shape index (κ3) is 2.51. The minimum Gasteiger partial charge on any atom is -0.329 e. The molecule has 2 rings (SSSR count). The Hall–Kier alpha value is -1.13. The van der Waals surface area contributed by atoms with Crippen LogP contribution < -0.4 is 5.32 Å². The highest BCUT2D eigenvalue weighted by Gasteiger charge is 2.05. The zero-order chi connectivity index (χ0) is 11.5. The van der Waals surface area contributed by atoms with Crippen LogP contribution in [0.1, 0.15) is 12.6 Å². The van der Waals surface area contributed by atoms with Gasteiger partial charge >= 0.3 is 0 Å². The molecule has 5 heteroatoms. The maximum Gasteiger partial charge on any atom is 0.187 e. The van der Waals surface area contributed by atoms with Crippen molar-refractivity contribution in [2.45, 2.75) is 13.3 Å². The Morgan fingerprint density at radius 3 is 3.00 bits per heavy atom. The first-order valence-electron chi connectivity index (χ1n) is 4.85. The quantitative estimate of drug-likeness (QED) is 0.888. The molecule has 16 heavy (non-hydrogen) atoms. The molecule has 0 aliphatic heterocycles. The second-order valence-electron chi connectivity index (χ2n) is 3.25. The Balaban J connectivity index is 2.22. The molecule has 0 radical (unpaired) electrons. The third-order valence-electron chi connectivity index (χ3n) is 2.08. The minimum absolute atomic E-state index is 0.336. The topological polar surface area (TPSA) is 24.9 Å². The van der Waals surface area contributed by atoms with E-state index in [2.05, 4.69) is 10.3 Å².